The first-order chi connectivity index (χ1) is 11.2. The van der Waals surface area contributed by atoms with E-state index in [1.54, 1.807) is 6.08 Å². The molecule has 0 heterocycles. The third-order valence-corrected chi connectivity index (χ3v) is 4.56. The van der Waals surface area contributed by atoms with E-state index in [9.17, 15) is 8.78 Å². The van der Waals surface area contributed by atoms with Crippen molar-refractivity contribution in [3.8, 4) is 0 Å². The van der Waals surface area contributed by atoms with Gasteiger partial charge in [0.05, 0.1) is 6.61 Å². The summed E-state index contributed by atoms with van der Waals surface area (Å²) in [6.07, 6.45) is 6.87. The summed E-state index contributed by atoms with van der Waals surface area (Å²) in [5.41, 5.74) is 2.63. The van der Waals surface area contributed by atoms with Gasteiger partial charge in [-0.15, -0.1) is 0 Å². The summed E-state index contributed by atoms with van der Waals surface area (Å²) in [6.45, 7) is 3.61. The lowest BCUT2D eigenvalue weighted by atomic mass is 9.78. The van der Waals surface area contributed by atoms with Gasteiger partial charge in [-0.25, -0.2) is 8.78 Å². The highest BCUT2D eigenvalue weighted by atomic mass is 19.3. The van der Waals surface area contributed by atoms with Gasteiger partial charge >= 0.3 is 0 Å². The number of ether oxygens (including phenoxy) is 1. The molecule has 1 aromatic carbocycles. The molecule has 0 amide bonds. The van der Waals surface area contributed by atoms with Gasteiger partial charge in [-0.2, -0.15) is 0 Å². The van der Waals surface area contributed by atoms with Gasteiger partial charge in [-0.1, -0.05) is 43.3 Å². The molecule has 1 aliphatic carbocycles. The lowest BCUT2D eigenvalue weighted by Gasteiger charge is -2.27. The van der Waals surface area contributed by atoms with Crippen molar-refractivity contribution in [3.05, 3.63) is 47.5 Å². The minimum Gasteiger partial charge on any atom is -0.377 e. The van der Waals surface area contributed by atoms with Crippen LogP contribution < -0.4 is 0 Å². The molecule has 128 valence electrons. The molecule has 1 fully saturated rings. The fourth-order valence-corrected chi connectivity index (χ4v) is 3.24. The normalized spacial score (nSPS) is 22.1. The Balaban J connectivity index is 1.77. The smallest absolute Gasteiger partial charge is 0.242 e. The van der Waals surface area contributed by atoms with E-state index in [4.69, 9.17) is 4.74 Å². The Hall–Kier alpha value is -1.22. The highest BCUT2D eigenvalue weighted by molar-refractivity contribution is 5.25. The molecule has 0 unspecified atom stereocenters. The van der Waals surface area contributed by atoms with Crippen molar-refractivity contribution in [2.75, 3.05) is 6.61 Å². The summed E-state index contributed by atoms with van der Waals surface area (Å²) in [4.78, 5) is 0. The molecule has 0 N–H and O–H groups in total. The van der Waals surface area contributed by atoms with Gasteiger partial charge in [-0.05, 0) is 55.1 Å². The monoisotopic (exact) mass is 322 g/mol. The molecule has 0 radical (unpaired) electrons. The van der Waals surface area contributed by atoms with Gasteiger partial charge in [0.25, 0.3) is 0 Å². The molecule has 0 saturated heterocycles. The number of benzene rings is 1. The predicted octanol–water partition coefficient (Wildman–Crippen LogP) is 6.10. The molecule has 0 aromatic heterocycles. The highest BCUT2D eigenvalue weighted by Crippen LogP contribution is 2.36. The highest BCUT2D eigenvalue weighted by Gasteiger charge is 2.20. The Morgan fingerprint density at radius 3 is 2.43 bits per heavy atom. The Morgan fingerprint density at radius 1 is 1.13 bits per heavy atom. The molecule has 1 nitrogen and oxygen atoms in total. The summed E-state index contributed by atoms with van der Waals surface area (Å²) in [5, 5.41) is 0. The average molecular weight is 322 g/mol. The van der Waals surface area contributed by atoms with Crippen LogP contribution in [0.3, 0.4) is 0 Å². The molecule has 0 bridgehead atoms. The van der Waals surface area contributed by atoms with Crippen molar-refractivity contribution in [1.82, 2.24) is 0 Å². The maximum absolute atomic E-state index is 12.1. The number of halogens is 2. The standard InChI is InChI=1S/C20H28F2O/c1-2-14-23-15-17-8-12-19(13-9-17)18-10-6-16(7-11-18)4-3-5-20(21)22/h3-4,8-9,12-13,16,18,20H,2,5-7,10-11,14-15H2,1H3/b4-3+. The molecule has 3 heteroatoms. The maximum atomic E-state index is 12.1. The van der Waals surface area contributed by atoms with Crippen molar-refractivity contribution in [2.24, 2.45) is 5.92 Å². The van der Waals surface area contributed by atoms with E-state index < -0.39 is 6.43 Å². The average Bonchev–Trinajstić information content (AvgIpc) is 2.56. The fraction of sp³-hybridized carbons (Fsp3) is 0.600. The van der Waals surface area contributed by atoms with Crippen LogP contribution in [0.1, 0.15) is 62.5 Å². The molecular formula is C20H28F2O. The van der Waals surface area contributed by atoms with Crippen LogP contribution in [0.2, 0.25) is 0 Å². The van der Waals surface area contributed by atoms with Crippen molar-refractivity contribution in [1.29, 1.82) is 0 Å². The molecule has 1 saturated carbocycles. The third-order valence-electron chi connectivity index (χ3n) is 4.56. The second kappa shape index (κ2) is 9.82. The van der Waals surface area contributed by atoms with E-state index >= 15 is 0 Å². The molecule has 1 aromatic rings. The second-order valence-electron chi connectivity index (χ2n) is 6.46. The van der Waals surface area contributed by atoms with Gasteiger partial charge in [0.2, 0.25) is 6.43 Å². The van der Waals surface area contributed by atoms with Crippen LogP contribution in [0.4, 0.5) is 8.78 Å². The topological polar surface area (TPSA) is 9.23 Å². The van der Waals surface area contributed by atoms with Crippen LogP contribution in [-0.2, 0) is 11.3 Å². The fourth-order valence-electron chi connectivity index (χ4n) is 3.24. The van der Waals surface area contributed by atoms with E-state index in [1.165, 1.54) is 11.1 Å². The SMILES string of the molecule is CCCOCc1ccc(C2CCC(/C=C/CC(F)F)CC2)cc1. The van der Waals surface area contributed by atoms with Crippen molar-refractivity contribution >= 4 is 0 Å². The van der Waals surface area contributed by atoms with E-state index in [0.29, 0.717) is 18.4 Å². The molecule has 0 aliphatic heterocycles. The summed E-state index contributed by atoms with van der Waals surface area (Å²) in [6, 6.07) is 8.78. The number of hydrogen-bond donors (Lipinski definition) is 0. The van der Waals surface area contributed by atoms with Crippen molar-refractivity contribution in [2.45, 2.75) is 64.4 Å². The zero-order chi connectivity index (χ0) is 16.5. The maximum Gasteiger partial charge on any atom is 0.242 e. The molecular weight excluding hydrogens is 294 g/mol. The van der Waals surface area contributed by atoms with E-state index in [0.717, 1.165) is 38.7 Å². The molecule has 23 heavy (non-hydrogen) atoms. The van der Waals surface area contributed by atoms with Crippen molar-refractivity contribution < 1.29 is 13.5 Å². The van der Waals surface area contributed by atoms with E-state index in [-0.39, 0.29) is 6.42 Å². The first kappa shape index (κ1) is 18.1. The zero-order valence-corrected chi connectivity index (χ0v) is 14.0. The van der Waals surface area contributed by atoms with Gasteiger partial charge in [-0.3, -0.25) is 0 Å². The lowest BCUT2D eigenvalue weighted by molar-refractivity contribution is 0.121. The van der Waals surface area contributed by atoms with Crippen LogP contribution in [0.25, 0.3) is 0 Å². The largest absolute Gasteiger partial charge is 0.377 e. The minimum atomic E-state index is -2.22. The lowest BCUT2D eigenvalue weighted by Crippen LogP contribution is -2.11. The minimum absolute atomic E-state index is 0.110. The van der Waals surface area contributed by atoms with Crippen LogP contribution in [0.5, 0.6) is 0 Å². The molecule has 1 aliphatic rings. The first-order valence-electron chi connectivity index (χ1n) is 8.80. The van der Waals surface area contributed by atoms with Gasteiger partial charge in [0.1, 0.15) is 0 Å². The molecule has 2 rings (SSSR count). The van der Waals surface area contributed by atoms with Crippen LogP contribution in [0.15, 0.2) is 36.4 Å². The van der Waals surface area contributed by atoms with Crippen LogP contribution in [-0.4, -0.2) is 13.0 Å². The summed E-state index contributed by atoms with van der Waals surface area (Å²) >= 11 is 0. The predicted molar refractivity (Wildman–Crippen MR) is 90.8 cm³/mol. The Morgan fingerprint density at radius 2 is 1.83 bits per heavy atom. The Labute approximate surface area is 138 Å². The van der Waals surface area contributed by atoms with E-state index in [1.807, 2.05) is 6.08 Å². The summed E-state index contributed by atoms with van der Waals surface area (Å²) in [7, 11) is 0. The Kier molecular flexibility index (Phi) is 7.73. The number of hydrogen-bond acceptors (Lipinski definition) is 1. The number of alkyl halides is 2. The van der Waals surface area contributed by atoms with Gasteiger partial charge < -0.3 is 4.74 Å². The molecule has 0 spiro atoms. The quantitative estimate of drug-likeness (QED) is 0.415. The first-order valence-corrected chi connectivity index (χ1v) is 8.80. The second-order valence-corrected chi connectivity index (χ2v) is 6.46. The summed E-state index contributed by atoms with van der Waals surface area (Å²) in [5.74, 6) is 1.09. The summed E-state index contributed by atoms with van der Waals surface area (Å²) < 4.78 is 29.8. The van der Waals surface area contributed by atoms with Gasteiger partial charge in [0, 0.05) is 13.0 Å². The number of rotatable bonds is 8. The van der Waals surface area contributed by atoms with Crippen LogP contribution >= 0.6 is 0 Å². The molecule has 0 atom stereocenters. The van der Waals surface area contributed by atoms with Crippen molar-refractivity contribution in [3.63, 3.8) is 0 Å². The van der Waals surface area contributed by atoms with Crippen LogP contribution in [0, 0.1) is 5.92 Å². The van der Waals surface area contributed by atoms with E-state index in [2.05, 4.69) is 31.2 Å². The number of allylic oxidation sites excluding steroid dienone is 2. The third kappa shape index (κ3) is 6.42. The zero-order valence-electron chi connectivity index (χ0n) is 14.0. The Bertz CT molecular complexity index is 459. The van der Waals surface area contributed by atoms with Gasteiger partial charge in [0.15, 0.2) is 0 Å².